The second kappa shape index (κ2) is 2.84. The molecule has 0 aliphatic carbocycles. The average molecular weight is 181 g/mol. The number of nitrogens with two attached hydrogens (primary N) is 1. The summed E-state index contributed by atoms with van der Waals surface area (Å²) in [4.78, 5) is 17.7. The van der Waals surface area contributed by atoms with Crippen LogP contribution >= 0.6 is 7.60 Å². The molecule has 1 fully saturated rings. The van der Waals surface area contributed by atoms with Gasteiger partial charge in [-0.25, -0.2) is 0 Å². The maximum absolute atomic E-state index is 10.8. The Morgan fingerprint density at radius 3 is 2.09 bits per heavy atom. The average Bonchev–Trinajstić information content (AvgIpc) is 1.87. The normalized spacial score (nSPS) is 25.0. The van der Waals surface area contributed by atoms with Crippen LogP contribution in [0, 0.1) is 0 Å². The Labute approximate surface area is 64.7 Å². The Kier molecular flexibility index (Phi) is 2.37. The topological polar surface area (TPSA) is 92.8 Å². The van der Waals surface area contributed by atoms with Crippen LogP contribution < -0.4 is 5.73 Å². The van der Waals surface area contributed by atoms with Gasteiger partial charge in [0.1, 0.15) is 5.28 Å². The molecule has 5 nitrogen and oxygen atoms in total. The zero-order valence-corrected chi connectivity index (χ0v) is 6.96. The van der Waals surface area contributed by atoms with E-state index in [1.54, 1.807) is 0 Å². The van der Waals surface area contributed by atoms with E-state index in [2.05, 4.69) is 0 Å². The van der Waals surface area contributed by atoms with Crippen molar-refractivity contribution in [3.8, 4) is 0 Å². The molecule has 4 N–H and O–H groups in total. The molecule has 0 atom stereocenters. The lowest BCUT2D eigenvalue weighted by atomic mass is 10.1. The molecule has 0 spiro atoms. The Bertz CT molecular complexity index is 183. The van der Waals surface area contributed by atoms with Crippen LogP contribution in [0.1, 0.15) is 12.8 Å². The number of hydrogen-bond acceptors (Lipinski definition) is 3. The van der Waals surface area contributed by atoms with Gasteiger partial charge in [0, 0.05) is 26.1 Å². The highest BCUT2D eigenvalue weighted by Gasteiger charge is 2.44. The molecule has 1 aliphatic rings. The molecular weight excluding hydrogens is 169 g/mol. The summed E-state index contributed by atoms with van der Waals surface area (Å²) in [6.45, 7) is 0.670. The van der Waals surface area contributed by atoms with Crippen molar-refractivity contribution in [1.29, 1.82) is 0 Å². The molecule has 66 valence electrons. The number of rotatable bonds is 1. The third kappa shape index (κ3) is 1.80. The van der Waals surface area contributed by atoms with E-state index in [4.69, 9.17) is 20.3 Å². The van der Waals surface area contributed by atoms with Gasteiger partial charge in [0.15, 0.2) is 0 Å². The predicted octanol–water partition coefficient (Wildman–Crippen LogP) is -0.371. The monoisotopic (exact) mass is 181 g/mol. The third-order valence-corrected chi connectivity index (χ3v) is 3.55. The first-order chi connectivity index (χ1) is 4.96. The minimum Gasteiger partial charge on any atom is -0.381 e. The maximum atomic E-state index is 10.8. The van der Waals surface area contributed by atoms with Gasteiger partial charge in [-0.05, 0) is 0 Å². The first kappa shape index (κ1) is 9.16. The maximum Gasteiger partial charge on any atom is 0.345 e. The fourth-order valence-corrected chi connectivity index (χ4v) is 1.78. The number of hydrogen-bond donors (Lipinski definition) is 3. The molecule has 1 heterocycles. The van der Waals surface area contributed by atoms with Crippen LogP contribution in [0.5, 0.6) is 0 Å². The fraction of sp³-hybridized carbons (Fsp3) is 1.00. The van der Waals surface area contributed by atoms with Crippen LogP contribution in [0.15, 0.2) is 0 Å². The summed E-state index contributed by atoms with van der Waals surface area (Å²) in [6.07, 6.45) is 0.467. The second-order valence-corrected chi connectivity index (χ2v) is 4.74. The fourth-order valence-electron chi connectivity index (χ4n) is 1.02. The van der Waals surface area contributed by atoms with E-state index in [-0.39, 0.29) is 12.8 Å². The highest BCUT2D eigenvalue weighted by atomic mass is 31.2. The molecule has 0 aromatic heterocycles. The van der Waals surface area contributed by atoms with E-state index in [9.17, 15) is 4.57 Å². The predicted molar refractivity (Wildman–Crippen MR) is 39.0 cm³/mol. The van der Waals surface area contributed by atoms with Crippen molar-refractivity contribution in [2.45, 2.75) is 18.1 Å². The molecule has 1 aliphatic heterocycles. The zero-order valence-electron chi connectivity index (χ0n) is 6.06. The van der Waals surface area contributed by atoms with Crippen molar-refractivity contribution in [3.63, 3.8) is 0 Å². The lowest BCUT2D eigenvalue weighted by Crippen LogP contribution is -2.44. The Morgan fingerprint density at radius 2 is 1.82 bits per heavy atom. The summed E-state index contributed by atoms with van der Waals surface area (Å²) in [5.74, 6) is 0. The molecule has 6 heteroatoms. The first-order valence-electron chi connectivity index (χ1n) is 3.38. The Morgan fingerprint density at radius 1 is 1.36 bits per heavy atom. The smallest absolute Gasteiger partial charge is 0.345 e. The molecule has 11 heavy (non-hydrogen) atoms. The van der Waals surface area contributed by atoms with E-state index < -0.39 is 12.9 Å². The SMILES string of the molecule is NC1(P(=O)(O)O)CCOCC1. The summed E-state index contributed by atoms with van der Waals surface area (Å²) in [7, 11) is -4.16. The molecular formula is C5H12NO4P. The third-order valence-electron chi connectivity index (χ3n) is 1.94. The van der Waals surface area contributed by atoms with Crippen LogP contribution in [0.2, 0.25) is 0 Å². The lowest BCUT2D eigenvalue weighted by Gasteiger charge is -2.33. The van der Waals surface area contributed by atoms with Gasteiger partial charge < -0.3 is 20.3 Å². The van der Waals surface area contributed by atoms with Gasteiger partial charge in [-0.15, -0.1) is 0 Å². The largest absolute Gasteiger partial charge is 0.381 e. The minimum absolute atomic E-state index is 0.233. The second-order valence-electron chi connectivity index (χ2n) is 2.76. The van der Waals surface area contributed by atoms with Crippen molar-refractivity contribution in [1.82, 2.24) is 0 Å². The Balaban J connectivity index is 2.72. The van der Waals surface area contributed by atoms with Gasteiger partial charge in [-0.1, -0.05) is 0 Å². The van der Waals surface area contributed by atoms with Crippen LogP contribution in [0.4, 0.5) is 0 Å². The molecule has 0 bridgehead atoms. The molecule has 0 aromatic rings. The summed E-state index contributed by atoms with van der Waals surface area (Å²) in [5.41, 5.74) is 5.49. The molecule has 0 aromatic carbocycles. The standard InChI is InChI=1S/C5H12NO4P/c6-5(11(7,8)9)1-3-10-4-2-5/h1-4,6H2,(H2,7,8,9). The van der Waals surface area contributed by atoms with Gasteiger partial charge >= 0.3 is 7.60 Å². The van der Waals surface area contributed by atoms with Crippen LogP contribution in [0.25, 0.3) is 0 Å². The van der Waals surface area contributed by atoms with Crippen molar-refractivity contribution in [2.75, 3.05) is 13.2 Å². The highest BCUT2D eigenvalue weighted by molar-refractivity contribution is 7.53. The van der Waals surface area contributed by atoms with Crippen molar-refractivity contribution >= 4 is 7.60 Å². The summed E-state index contributed by atoms with van der Waals surface area (Å²) >= 11 is 0. The molecule has 0 amide bonds. The Hall–Kier alpha value is 0.0700. The van der Waals surface area contributed by atoms with Gasteiger partial charge in [0.05, 0.1) is 0 Å². The molecule has 0 unspecified atom stereocenters. The summed E-state index contributed by atoms with van der Waals surface area (Å²) < 4.78 is 15.8. The highest BCUT2D eigenvalue weighted by Crippen LogP contribution is 2.51. The molecule has 0 saturated carbocycles. The number of ether oxygens (including phenoxy) is 1. The van der Waals surface area contributed by atoms with Gasteiger partial charge in [-0.3, -0.25) is 4.57 Å². The van der Waals surface area contributed by atoms with E-state index in [1.165, 1.54) is 0 Å². The minimum atomic E-state index is -4.16. The molecule has 0 radical (unpaired) electrons. The van der Waals surface area contributed by atoms with Gasteiger partial charge in [-0.2, -0.15) is 0 Å². The van der Waals surface area contributed by atoms with E-state index >= 15 is 0 Å². The van der Waals surface area contributed by atoms with Crippen LogP contribution in [-0.4, -0.2) is 28.3 Å². The van der Waals surface area contributed by atoms with Crippen molar-refractivity contribution in [3.05, 3.63) is 0 Å². The molecule has 1 saturated heterocycles. The molecule has 1 rings (SSSR count). The van der Waals surface area contributed by atoms with E-state index in [1.807, 2.05) is 0 Å². The van der Waals surface area contributed by atoms with Crippen molar-refractivity contribution < 1.29 is 19.1 Å². The van der Waals surface area contributed by atoms with E-state index in [0.29, 0.717) is 13.2 Å². The van der Waals surface area contributed by atoms with Crippen LogP contribution in [-0.2, 0) is 9.30 Å². The zero-order chi connectivity index (χ0) is 8.54. The van der Waals surface area contributed by atoms with Gasteiger partial charge in [0.2, 0.25) is 0 Å². The summed E-state index contributed by atoms with van der Waals surface area (Å²) in [6, 6.07) is 0. The van der Waals surface area contributed by atoms with E-state index in [0.717, 1.165) is 0 Å². The van der Waals surface area contributed by atoms with Crippen molar-refractivity contribution in [2.24, 2.45) is 5.73 Å². The first-order valence-corrected chi connectivity index (χ1v) is 4.99. The summed E-state index contributed by atoms with van der Waals surface area (Å²) in [5, 5.41) is -1.34. The quantitative estimate of drug-likeness (QED) is 0.480. The van der Waals surface area contributed by atoms with Crippen LogP contribution in [0.3, 0.4) is 0 Å². The lowest BCUT2D eigenvalue weighted by molar-refractivity contribution is 0.0685. The van der Waals surface area contributed by atoms with Gasteiger partial charge in [0.25, 0.3) is 0 Å².